The fourth-order valence-corrected chi connectivity index (χ4v) is 1.96. The molecule has 1 N–H and O–H groups in total. The van der Waals surface area contributed by atoms with Gasteiger partial charge in [-0.05, 0) is 26.0 Å². The van der Waals surface area contributed by atoms with E-state index in [4.69, 9.17) is 5.11 Å². The van der Waals surface area contributed by atoms with E-state index in [1.807, 2.05) is 25.9 Å². The molecule has 6 heteroatoms. The Bertz CT molecular complexity index is 471. The molecule has 1 atom stereocenters. The lowest BCUT2D eigenvalue weighted by Crippen LogP contribution is -2.39. The number of carboxylic acid groups (broad SMARTS) is 1. The maximum absolute atomic E-state index is 12.4. The van der Waals surface area contributed by atoms with Gasteiger partial charge < -0.3 is 14.9 Å². The van der Waals surface area contributed by atoms with E-state index >= 15 is 0 Å². The van der Waals surface area contributed by atoms with Crippen LogP contribution in [0.3, 0.4) is 0 Å². The molecule has 0 bridgehead atoms. The molecule has 1 amide bonds. The Kier molecular flexibility index (Phi) is 5.49. The Morgan fingerprint density at radius 3 is 2.40 bits per heavy atom. The number of hydrogen-bond acceptors (Lipinski definition) is 4. The average molecular weight is 279 g/mol. The van der Waals surface area contributed by atoms with E-state index in [1.165, 1.54) is 6.20 Å². The van der Waals surface area contributed by atoms with Crippen molar-refractivity contribution < 1.29 is 14.7 Å². The number of carboxylic acids is 1. The highest BCUT2D eigenvalue weighted by atomic mass is 16.4. The van der Waals surface area contributed by atoms with Crippen molar-refractivity contribution in [3.8, 4) is 0 Å². The lowest BCUT2D eigenvalue weighted by molar-refractivity contribution is -0.138. The summed E-state index contributed by atoms with van der Waals surface area (Å²) in [5, 5.41) is 8.82. The first-order valence-corrected chi connectivity index (χ1v) is 6.53. The van der Waals surface area contributed by atoms with Crippen molar-refractivity contribution in [2.75, 3.05) is 25.5 Å². The molecule has 0 radical (unpaired) electrons. The van der Waals surface area contributed by atoms with Crippen molar-refractivity contribution >= 4 is 17.7 Å². The van der Waals surface area contributed by atoms with Crippen LogP contribution in [0.5, 0.6) is 0 Å². The summed E-state index contributed by atoms with van der Waals surface area (Å²) < 4.78 is 0. The number of aliphatic carboxylic acids is 1. The van der Waals surface area contributed by atoms with E-state index < -0.39 is 5.97 Å². The van der Waals surface area contributed by atoms with E-state index in [0.717, 1.165) is 5.82 Å². The van der Waals surface area contributed by atoms with E-state index in [2.05, 4.69) is 4.98 Å². The third kappa shape index (κ3) is 3.94. The van der Waals surface area contributed by atoms with Crippen molar-refractivity contribution in [3.63, 3.8) is 0 Å². The zero-order valence-corrected chi connectivity index (χ0v) is 12.3. The summed E-state index contributed by atoms with van der Waals surface area (Å²) in [6.45, 7) is 4.03. The minimum Gasteiger partial charge on any atom is -0.481 e. The SMILES string of the molecule is CCN(C(=O)c1ccc(N(C)C)nc1)C(C)CC(=O)O. The molecule has 0 spiro atoms. The highest BCUT2D eigenvalue weighted by molar-refractivity contribution is 5.94. The summed E-state index contributed by atoms with van der Waals surface area (Å²) in [7, 11) is 3.74. The number of amides is 1. The van der Waals surface area contributed by atoms with Gasteiger partial charge in [0.05, 0.1) is 12.0 Å². The van der Waals surface area contributed by atoms with Crippen LogP contribution in [-0.2, 0) is 4.79 Å². The molecule has 0 aliphatic rings. The third-order valence-corrected chi connectivity index (χ3v) is 3.06. The summed E-state index contributed by atoms with van der Waals surface area (Å²) in [5.41, 5.74) is 0.467. The molecule has 1 rings (SSSR count). The van der Waals surface area contributed by atoms with E-state index in [0.29, 0.717) is 12.1 Å². The maximum atomic E-state index is 12.4. The Morgan fingerprint density at radius 2 is 2.00 bits per heavy atom. The highest BCUT2D eigenvalue weighted by Gasteiger charge is 2.22. The molecule has 110 valence electrons. The van der Waals surface area contributed by atoms with E-state index in [1.54, 1.807) is 24.0 Å². The minimum absolute atomic E-state index is 0.0667. The number of pyridine rings is 1. The number of anilines is 1. The molecule has 0 fully saturated rings. The predicted molar refractivity (Wildman–Crippen MR) is 77.0 cm³/mol. The van der Waals surface area contributed by atoms with Crippen LogP contribution < -0.4 is 4.90 Å². The standard InChI is InChI=1S/C14H21N3O3/c1-5-17(10(2)8-13(18)19)14(20)11-6-7-12(15-9-11)16(3)4/h6-7,9-10H,5,8H2,1-4H3,(H,18,19). The first kappa shape index (κ1) is 15.9. The quantitative estimate of drug-likeness (QED) is 0.853. The molecule has 6 nitrogen and oxygen atoms in total. The topological polar surface area (TPSA) is 73.7 Å². The van der Waals surface area contributed by atoms with Gasteiger partial charge in [0.15, 0.2) is 0 Å². The molecule has 1 aromatic heterocycles. The Labute approximate surface area is 119 Å². The molecular weight excluding hydrogens is 258 g/mol. The number of hydrogen-bond donors (Lipinski definition) is 1. The molecule has 0 saturated carbocycles. The monoisotopic (exact) mass is 279 g/mol. The molecule has 1 unspecified atom stereocenters. The summed E-state index contributed by atoms with van der Waals surface area (Å²) in [6.07, 6.45) is 1.45. The van der Waals surface area contributed by atoms with Gasteiger partial charge in [0.25, 0.3) is 5.91 Å². The number of aromatic nitrogens is 1. The number of carbonyl (C=O) groups excluding carboxylic acids is 1. The zero-order valence-electron chi connectivity index (χ0n) is 12.3. The van der Waals surface area contributed by atoms with Gasteiger partial charge in [0.2, 0.25) is 0 Å². The lowest BCUT2D eigenvalue weighted by Gasteiger charge is -2.27. The molecule has 1 aromatic rings. The summed E-state index contributed by atoms with van der Waals surface area (Å²) in [6, 6.07) is 3.13. The predicted octanol–water partition coefficient (Wildman–Crippen LogP) is 1.47. The van der Waals surface area contributed by atoms with Crippen molar-refractivity contribution in [1.82, 2.24) is 9.88 Å². The highest BCUT2D eigenvalue weighted by Crippen LogP contribution is 2.13. The summed E-state index contributed by atoms with van der Waals surface area (Å²) >= 11 is 0. The Morgan fingerprint density at radius 1 is 1.35 bits per heavy atom. The van der Waals surface area contributed by atoms with Gasteiger partial charge in [0.1, 0.15) is 5.82 Å². The smallest absolute Gasteiger partial charge is 0.305 e. The van der Waals surface area contributed by atoms with E-state index in [9.17, 15) is 9.59 Å². The van der Waals surface area contributed by atoms with Crippen LogP contribution in [0.4, 0.5) is 5.82 Å². The van der Waals surface area contributed by atoms with Gasteiger partial charge in [-0.25, -0.2) is 4.98 Å². The van der Waals surface area contributed by atoms with Crippen molar-refractivity contribution in [1.29, 1.82) is 0 Å². The lowest BCUT2D eigenvalue weighted by atomic mass is 10.1. The second kappa shape index (κ2) is 6.88. The van der Waals surface area contributed by atoms with Gasteiger partial charge in [-0.2, -0.15) is 0 Å². The minimum atomic E-state index is -0.912. The summed E-state index contributed by atoms with van der Waals surface area (Å²) in [4.78, 5) is 30.7. The Hall–Kier alpha value is -2.11. The van der Waals surface area contributed by atoms with Crippen LogP contribution in [0, 0.1) is 0 Å². The average Bonchev–Trinajstić information content (AvgIpc) is 2.38. The van der Waals surface area contributed by atoms with Crippen LogP contribution in [0.1, 0.15) is 30.6 Å². The van der Waals surface area contributed by atoms with Gasteiger partial charge in [-0.15, -0.1) is 0 Å². The van der Waals surface area contributed by atoms with Gasteiger partial charge in [-0.3, -0.25) is 9.59 Å². The third-order valence-electron chi connectivity index (χ3n) is 3.06. The van der Waals surface area contributed by atoms with Crippen molar-refractivity contribution in [2.24, 2.45) is 0 Å². The maximum Gasteiger partial charge on any atom is 0.305 e. The second-order valence-corrected chi connectivity index (χ2v) is 4.84. The molecule has 0 aromatic carbocycles. The molecule has 0 saturated heterocycles. The number of rotatable bonds is 6. The van der Waals surface area contributed by atoms with Crippen molar-refractivity contribution in [2.45, 2.75) is 26.3 Å². The van der Waals surface area contributed by atoms with Crippen molar-refractivity contribution in [3.05, 3.63) is 23.9 Å². The first-order valence-electron chi connectivity index (χ1n) is 6.53. The number of nitrogens with zero attached hydrogens (tertiary/aromatic N) is 3. The Balaban J connectivity index is 2.87. The normalized spacial score (nSPS) is 11.8. The first-order chi connectivity index (χ1) is 9.36. The van der Waals surface area contributed by atoms with Gasteiger partial charge in [-0.1, -0.05) is 0 Å². The van der Waals surface area contributed by atoms with Gasteiger partial charge >= 0.3 is 5.97 Å². The molecule has 0 aliphatic carbocycles. The molecule has 1 heterocycles. The molecule has 20 heavy (non-hydrogen) atoms. The molecular formula is C14H21N3O3. The van der Waals surface area contributed by atoms with Crippen LogP contribution >= 0.6 is 0 Å². The fourth-order valence-electron chi connectivity index (χ4n) is 1.96. The van der Waals surface area contributed by atoms with Crippen LogP contribution in [0.2, 0.25) is 0 Å². The summed E-state index contributed by atoms with van der Waals surface area (Å²) in [5.74, 6) is -0.341. The fraction of sp³-hybridized carbons (Fsp3) is 0.500. The number of carbonyl (C=O) groups is 2. The zero-order chi connectivity index (χ0) is 15.3. The van der Waals surface area contributed by atoms with Crippen LogP contribution in [-0.4, -0.2) is 53.5 Å². The van der Waals surface area contributed by atoms with Gasteiger partial charge in [0, 0.05) is 32.9 Å². The van der Waals surface area contributed by atoms with Crippen LogP contribution in [0.25, 0.3) is 0 Å². The van der Waals surface area contributed by atoms with Crippen LogP contribution in [0.15, 0.2) is 18.3 Å². The van der Waals surface area contributed by atoms with E-state index in [-0.39, 0.29) is 18.4 Å². The second-order valence-electron chi connectivity index (χ2n) is 4.84. The molecule has 0 aliphatic heterocycles. The largest absolute Gasteiger partial charge is 0.481 e.